The van der Waals surface area contributed by atoms with E-state index in [1.807, 2.05) is 30.3 Å². The average molecular weight is 367 g/mol. The van der Waals surface area contributed by atoms with Gasteiger partial charge in [-0.3, -0.25) is 0 Å². The number of benzene rings is 1. The molecule has 0 saturated carbocycles. The van der Waals surface area contributed by atoms with Crippen molar-refractivity contribution in [2.75, 3.05) is 18.1 Å². The van der Waals surface area contributed by atoms with E-state index in [1.165, 1.54) is 11.8 Å². The Kier molecular flexibility index (Phi) is 4.91. The number of ether oxygens (including phenoxy) is 1. The van der Waals surface area contributed by atoms with E-state index in [2.05, 4.69) is 10.1 Å². The van der Waals surface area contributed by atoms with Crippen molar-refractivity contribution in [3.05, 3.63) is 30.3 Å². The van der Waals surface area contributed by atoms with E-state index in [1.54, 1.807) is 6.92 Å². The molecule has 1 atom stereocenters. The lowest BCUT2D eigenvalue weighted by Crippen LogP contribution is -2.17. The third-order valence-corrected chi connectivity index (χ3v) is 6.70. The van der Waals surface area contributed by atoms with Gasteiger partial charge in [-0.2, -0.15) is 0 Å². The Morgan fingerprint density at radius 3 is 2.75 bits per heavy atom. The number of aromatic nitrogens is 3. The molecular formula is C15H17N3O4S2. The number of hydrogen-bond donors (Lipinski definition) is 0. The van der Waals surface area contributed by atoms with Gasteiger partial charge in [-0.15, -0.1) is 9.78 Å². The second kappa shape index (κ2) is 6.94. The number of carbonyl (C=O) groups excluding carboxylic acids is 1. The van der Waals surface area contributed by atoms with E-state index < -0.39 is 15.9 Å². The van der Waals surface area contributed by atoms with Gasteiger partial charge in [0.05, 0.1) is 18.1 Å². The van der Waals surface area contributed by atoms with Crippen LogP contribution in [-0.2, 0) is 14.6 Å². The molecular weight excluding hydrogens is 350 g/mol. The fraction of sp³-hybridized carbons (Fsp3) is 0.400. The van der Waals surface area contributed by atoms with Crippen molar-refractivity contribution >= 4 is 27.7 Å². The minimum Gasteiger partial charge on any atom is -0.448 e. The highest BCUT2D eigenvalue weighted by molar-refractivity contribution is 8.01. The van der Waals surface area contributed by atoms with Gasteiger partial charge in [0.25, 0.3) is 0 Å². The Morgan fingerprint density at radius 1 is 1.38 bits per heavy atom. The van der Waals surface area contributed by atoms with Crippen molar-refractivity contribution in [3.8, 4) is 11.4 Å². The van der Waals surface area contributed by atoms with Crippen LogP contribution in [-0.4, -0.2) is 52.6 Å². The zero-order valence-electron chi connectivity index (χ0n) is 13.1. The van der Waals surface area contributed by atoms with E-state index >= 15 is 0 Å². The highest BCUT2D eigenvalue weighted by atomic mass is 32.2. The first-order chi connectivity index (χ1) is 11.5. The smallest absolute Gasteiger partial charge is 0.437 e. The molecule has 7 nitrogen and oxygen atoms in total. The van der Waals surface area contributed by atoms with Crippen molar-refractivity contribution in [2.45, 2.75) is 23.8 Å². The van der Waals surface area contributed by atoms with Crippen molar-refractivity contribution < 1.29 is 17.9 Å². The maximum absolute atomic E-state index is 12.1. The first-order valence-electron chi connectivity index (χ1n) is 7.55. The van der Waals surface area contributed by atoms with Crippen LogP contribution >= 0.6 is 11.8 Å². The first kappa shape index (κ1) is 17.0. The summed E-state index contributed by atoms with van der Waals surface area (Å²) in [6.07, 6.45) is -0.0702. The van der Waals surface area contributed by atoms with Crippen molar-refractivity contribution in [3.63, 3.8) is 0 Å². The molecule has 9 heteroatoms. The van der Waals surface area contributed by atoms with Crippen LogP contribution in [0, 0.1) is 0 Å². The number of carbonyl (C=O) groups is 1. The van der Waals surface area contributed by atoms with Crippen LogP contribution in [0.2, 0.25) is 0 Å². The van der Waals surface area contributed by atoms with Gasteiger partial charge in [0.2, 0.25) is 0 Å². The first-order valence-corrected chi connectivity index (χ1v) is 10.3. The molecule has 1 aliphatic heterocycles. The zero-order valence-corrected chi connectivity index (χ0v) is 14.7. The number of hydrogen-bond acceptors (Lipinski definition) is 7. The third-order valence-electron chi connectivity index (χ3n) is 3.51. The summed E-state index contributed by atoms with van der Waals surface area (Å²) < 4.78 is 29.4. The van der Waals surface area contributed by atoms with Gasteiger partial charge >= 0.3 is 6.09 Å². The third kappa shape index (κ3) is 3.78. The predicted molar refractivity (Wildman–Crippen MR) is 90.8 cm³/mol. The molecule has 2 heterocycles. The second-order valence-corrected chi connectivity index (χ2v) is 8.83. The standard InChI is InChI=1S/C15H17N3O4S2/c1-2-22-15(19)18-14(23-12-8-9-24(20,21)10-12)16-13(17-18)11-6-4-3-5-7-11/h3-7,12H,2,8-10H2,1H3/t12-/m1/s1. The summed E-state index contributed by atoms with van der Waals surface area (Å²) in [6, 6.07) is 9.29. The summed E-state index contributed by atoms with van der Waals surface area (Å²) in [5.41, 5.74) is 0.779. The molecule has 0 unspecified atom stereocenters. The summed E-state index contributed by atoms with van der Waals surface area (Å²) in [4.78, 5) is 16.5. The van der Waals surface area contributed by atoms with Gasteiger partial charge in [-0.25, -0.2) is 18.2 Å². The van der Waals surface area contributed by atoms with Crippen molar-refractivity contribution in [2.24, 2.45) is 0 Å². The van der Waals surface area contributed by atoms with Crippen LogP contribution in [0.5, 0.6) is 0 Å². The molecule has 0 amide bonds. The van der Waals surface area contributed by atoms with Gasteiger partial charge in [0.1, 0.15) is 0 Å². The number of rotatable bonds is 4. The zero-order chi connectivity index (χ0) is 17.2. The fourth-order valence-corrected chi connectivity index (χ4v) is 5.87. The Bertz CT molecular complexity index is 834. The molecule has 1 aromatic carbocycles. The summed E-state index contributed by atoms with van der Waals surface area (Å²) in [5.74, 6) is 0.671. The van der Waals surface area contributed by atoms with Crippen LogP contribution < -0.4 is 0 Å². The molecule has 0 N–H and O–H groups in total. The van der Waals surface area contributed by atoms with Crippen LogP contribution in [0.1, 0.15) is 13.3 Å². The Hall–Kier alpha value is -1.87. The molecule has 24 heavy (non-hydrogen) atoms. The fourth-order valence-electron chi connectivity index (χ4n) is 2.39. The molecule has 1 saturated heterocycles. The lowest BCUT2D eigenvalue weighted by atomic mass is 10.2. The van der Waals surface area contributed by atoms with E-state index in [0.29, 0.717) is 17.4 Å². The van der Waals surface area contributed by atoms with Crippen molar-refractivity contribution in [1.29, 1.82) is 0 Å². The molecule has 1 aromatic heterocycles. The highest BCUT2D eigenvalue weighted by Gasteiger charge is 2.31. The molecule has 128 valence electrons. The van der Waals surface area contributed by atoms with Crippen LogP contribution in [0.3, 0.4) is 0 Å². The van der Waals surface area contributed by atoms with Gasteiger partial charge in [-0.05, 0) is 13.3 Å². The lowest BCUT2D eigenvalue weighted by Gasteiger charge is -2.07. The minimum atomic E-state index is -3.00. The molecule has 1 fully saturated rings. The Labute approximate surface area is 144 Å². The summed E-state index contributed by atoms with van der Waals surface area (Å²) in [5, 5.41) is 4.47. The molecule has 3 rings (SSSR count). The lowest BCUT2D eigenvalue weighted by molar-refractivity contribution is 0.147. The average Bonchev–Trinajstić information content (AvgIpc) is 3.12. The van der Waals surface area contributed by atoms with E-state index in [4.69, 9.17) is 4.74 Å². The van der Waals surface area contributed by atoms with Crippen LogP contribution in [0.25, 0.3) is 11.4 Å². The molecule has 0 aliphatic carbocycles. The Balaban J connectivity index is 1.91. The van der Waals surface area contributed by atoms with E-state index in [0.717, 1.165) is 10.2 Å². The monoisotopic (exact) mass is 367 g/mol. The topological polar surface area (TPSA) is 91.2 Å². The SMILES string of the molecule is CCOC(=O)n1nc(-c2ccccc2)nc1S[C@@H]1CCS(=O)(=O)C1. The largest absolute Gasteiger partial charge is 0.448 e. The molecule has 2 aromatic rings. The second-order valence-electron chi connectivity index (χ2n) is 5.34. The van der Waals surface area contributed by atoms with Crippen molar-refractivity contribution in [1.82, 2.24) is 14.8 Å². The van der Waals surface area contributed by atoms with Gasteiger partial charge in [-0.1, -0.05) is 42.1 Å². The summed E-state index contributed by atoms with van der Waals surface area (Å²) in [7, 11) is -3.00. The maximum atomic E-state index is 12.1. The highest BCUT2D eigenvalue weighted by Crippen LogP contribution is 2.31. The summed E-state index contributed by atoms with van der Waals surface area (Å²) >= 11 is 1.26. The van der Waals surface area contributed by atoms with Crippen LogP contribution in [0.15, 0.2) is 35.5 Å². The number of sulfone groups is 1. The summed E-state index contributed by atoms with van der Waals surface area (Å²) in [6.45, 7) is 1.94. The van der Waals surface area contributed by atoms with E-state index in [9.17, 15) is 13.2 Å². The van der Waals surface area contributed by atoms with Gasteiger partial charge < -0.3 is 4.74 Å². The molecule has 1 aliphatic rings. The van der Waals surface area contributed by atoms with E-state index in [-0.39, 0.29) is 23.4 Å². The van der Waals surface area contributed by atoms with Crippen LogP contribution in [0.4, 0.5) is 4.79 Å². The molecule has 0 radical (unpaired) electrons. The number of nitrogens with zero attached hydrogens (tertiary/aromatic N) is 3. The van der Waals surface area contributed by atoms with Gasteiger partial charge in [0, 0.05) is 10.8 Å². The number of thioether (sulfide) groups is 1. The molecule has 0 spiro atoms. The molecule has 0 bridgehead atoms. The maximum Gasteiger partial charge on any atom is 0.437 e. The Morgan fingerprint density at radius 2 is 2.12 bits per heavy atom. The predicted octanol–water partition coefficient (Wildman–Crippen LogP) is 2.23. The quantitative estimate of drug-likeness (QED) is 0.818. The van der Waals surface area contributed by atoms with Gasteiger partial charge in [0.15, 0.2) is 20.8 Å². The minimum absolute atomic E-state index is 0.0913. The normalized spacial score (nSPS) is 19.3.